The van der Waals surface area contributed by atoms with Crippen molar-refractivity contribution in [3.63, 3.8) is 0 Å². The van der Waals surface area contributed by atoms with Crippen LogP contribution < -0.4 is 0 Å². The largest absolute Gasteiger partial charge is 0.396 e. The van der Waals surface area contributed by atoms with Gasteiger partial charge in [0.05, 0.1) is 12.9 Å². The second kappa shape index (κ2) is 5.61. The number of aromatic nitrogens is 1. The highest BCUT2D eigenvalue weighted by atomic mass is 32.2. The Balaban J connectivity index is 1.83. The van der Waals surface area contributed by atoms with Crippen molar-refractivity contribution in [2.24, 2.45) is 18.4 Å². The summed E-state index contributed by atoms with van der Waals surface area (Å²) in [4.78, 5) is 14.4. The Kier molecular flexibility index (Phi) is 4.02. The maximum Gasteiger partial charge on any atom is 0.270 e. The van der Waals surface area contributed by atoms with E-state index in [1.165, 1.54) is 10.6 Å². The summed E-state index contributed by atoms with van der Waals surface area (Å²) in [6.45, 7) is 1.59. The van der Waals surface area contributed by atoms with Crippen LogP contribution in [0, 0.1) is 11.3 Å². The third kappa shape index (κ3) is 2.79. The van der Waals surface area contributed by atoms with Gasteiger partial charge in [-0.2, -0.15) is 0 Å². The number of carbonyl (C=O) groups excluding carboxylic acids is 1. The lowest BCUT2D eigenvalue weighted by molar-refractivity contribution is 0.0124. The fourth-order valence-corrected chi connectivity index (χ4v) is 4.77. The van der Waals surface area contributed by atoms with E-state index in [4.69, 9.17) is 0 Å². The van der Waals surface area contributed by atoms with Crippen LogP contribution in [0.2, 0.25) is 0 Å². The first-order chi connectivity index (χ1) is 10.8. The molecule has 0 aromatic carbocycles. The number of aliphatic hydroxyl groups excluding tert-OH is 1. The molecule has 2 fully saturated rings. The SMILES string of the molecule is Cn1cccc1C(=O)N1CC[C@@H]2CN(S(C)(=O)=O)C[C@]2(CO)C1. The Morgan fingerprint density at radius 1 is 1.43 bits per heavy atom. The van der Waals surface area contributed by atoms with E-state index in [1.54, 1.807) is 15.5 Å². The van der Waals surface area contributed by atoms with Crippen molar-refractivity contribution < 1.29 is 18.3 Å². The first-order valence-electron chi connectivity index (χ1n) is 7.73. The standard InChI is InChI=1S/C15H23N3O4S/c1-16-6-3-4-13(16)14(20)17-7-5-12-8-18(23(2,21)22)10-15(12,9-17)11-19/h3-4,6,12,19H,5,7-11H2,1-2H3/t12-,15+/m1/s1. The molecule has 1 aromatic rings. The van der Waals surface area contributed by atoms with Crippen molar-refractivity contribution in [3.8, 4) is 0 Å². The molecule has 0 unspecified atom stereocenters. The van der Waals surface area contributed by atoms with Crippen LogP contribution in [0.3, 0.4) is 0 Å². The van der Waals surface area contributed by atoms with Gasteiger partial charge in [0.25, 0.3) is 5.91 Å². The van der Waals surface area contributed by atoms with Gasteiger partial charge in [0.2, 0.25) is 10.0 Å². The summed E-state index contributed by atoms with van der Waals surface area (Å²) in [5.74, 6) is 0.0290. The van der Waals surface area contributed by atoms with Gasteiger partial charge in [0, 0.05) is 44.8 Å². The molecule has 0 aliphatic carbocycles. The number of aliphatic hydroxyl groups is 1. The number of amides is 1. The van der Waals surface area contributed by atoms with Crippen LogP contribution >= 0.6 is 0 Å². The number of hydrogen-bond donors (Lipinski definition) is 1. The number of carbonyl (C=O) groups is 1. The van der Waals surface area contributed by atoms with Gasteiger partial charge in [-0.25, -0.2) is 12.7 Å². The molecule has 1 amide bonds. The Labute approximate surface area is 136 Å². The number of nitrogens with zero attached hydrogens (tertiary/aromatic N) is 3. The second-order valence-corrected chi connectivity index (χ2v) is 8.78. The van der Waals surface area contributed by atoms with Crippen molar-refractivity contribution in [1.29, 1.82) is 0 Å². The molecule has 3 rings (SSSR count). The lowest BCUT2D eigenvalue weighted by atomic mass is 9.74. The van der Waals surface area contributed by atoms with Gasteiger partial charge in [-0.1, -0.05) is 0 Å². The monoisotopic (exact) mass is 341 g/mol. The Hall–Kier alpha value is -1.38. The fraction of sp³-hybridized carbons (Fsp3) is 0.667. The molecule has 1 aromatic heterocycles. The third-order valence-corrected chi connectivity index (χ3v) is 6.48. The lowest BCUT2D eigenvalue weighted by Gasteiger charge is -2.43. The smallest absolute Gasteiger partial charge is 0.270 e. The number of rotatable bonds is 3. The molecule has 8 heteroatoms. The van der Waals surface area contributed by atoms with E-state index < -0.39 is 15.4 Å². The van der Waals surface area contributed by atoms with Crippen LogP contribution in [0.15, 0.2) is 18.3 Å². The summed E-state index contributed by atoms with van der Waals surface area (Å²) >= 11 is 0. The van der Waals surface area contributed by atoms with Crippen LogP contribution in [0.25, 0.3) is 0 Å². The highest BCUT2D eigenvalue weighted by Gasteiger charge is 2.52. The maximum atomic E-state index is 12.7. The van der Waals surface area contributed by atoms with Crippen molar-refractivity contribution in [2.45, 2.75) is 6.42 Å². The molecule has 2 saturated heterocycles. The first kappa shape index (κ1) is 16.5. The summed E-state index contributed by atoms with van der Waals surface area (Å²) < 4.78 is 26.9. The molecule has 23 heavy (non-hydrogen) atoms. The number of sulfonamides is 1. The molecule has 128 valence electrons. The highest BCUT2D eigenvalue weighted by molar-refractivity contribution is 7.88. The predicted octanol–water partition coefficient (Wildman–Crippen LogP) is -0.259. The molecule has 0 radical (unpaired) electrons. The molecule has 1 N–H and O–H groups in total. The molecular formula is C15H23N3O4S. The van der Waals surface area contributed by atoms with Gasteiger partial charge in [0.15, 0.2) is 0 Å². The zero-order valence-corrected chi connectivity index (χ0v) is 14.3. The molecule has 3 heterocycles. The number of likely N-dealkylation sites (tertiary alicyclic amines) is 1. The van der Waals surface area contributed by atoms with Crippen LogP contribution in [-0.2, 0) is 17.1 Å². The Morgan fingerprint density at radius 2 is 2.17 bits per heavy atom. The van der Waals surface area contributed by atoms with Gasteiger partial charge in [-0.15, -0.1) is 0 Å². The summed E-state index contributed by atoms with van der Waals surface area (Å²) in [5.41, 5.74) is 0.0526. The highest BCUT2D eigenvalue weighted by Crippen LogP contribution is 2.42. The van der Waals surface area contributed by atoms with E-state index in [-0.39, 0.29) is 25.0 Å². The normalized spacial score (nSPS) is 28.8. The fourth-order valence-electron chi connectivity index (χ4n) is 3.83. The predicted molar refractivity (Wildman–Crippen MR) is 85.4 cm³/mol. The van der Waals surface area contributed by atoms with E-state index >= 15 is 0 Å². The van der Waals surface area contributed by atoms with Gasteiger partial charge in [-0.3, -0.25) is 4.79 Å². The summed E-state index contributed by atoms with van der Waals surface area (Å²) in [5, 5.41) is 9.96. The number of aryl methyl sites for hydroxylation is 1. The van der Waals surface area contributed by atoms with E-state index in [2.05, 4.69) is 0 Å². The Bertz CT molecular complexity index is 714. The van der Waals surface area contributed by atoms with Crippen molar-refractivity contribution in [1.82, 2.24) is 13.8 Å². The minimum absolute atomic E-state index is 0.0680. The maximum absolute atomic E-state index is 12.7. The lowest BCUT2D eigenvalue weighted by Crippen LogP contribution is -2.52. The zero-order valence-electron chi connectivity index (χ0n) is 13.5. The van der Waals surface area contributed by atoms with Gasteiger partial charge in [0.1, 0.15) is 5.69 Å². The minimum atomic E-state index is -3.28. The Morgan fingerprint density at radius 3 is 2.74 bits per heavy atom. The number of fused-ring (bicyclic) bond motifs is 1. The summed E-state index contributed by atoms with van der Waals surface area (Å²) in [6.07, 6.45) is 3.73. The third-order valence-electron chi connectivity index (χ3n) is 5.27. The summed E-state index contributed by atoms with van der Waals surface area (Å²) in [7, 11) is -1.46. The van der Waals surface area contributed by atoms with Gasteiger partial charge in [-0.05, 0) is 24.5 Å². The average molecular weight is 341 g/mol. The van der Waals surface area contributed by atoms with Crippen LogP contribution in [0.1, 0.15) is 16.9 Å². The molecule has 2 aliphatic heterocycles. The molecule has 2 aliphatic rings. The van der Waals surface area contributed by atoms with Gasteiger partial charge >= 0.3 is 0 Å². The molecule has 2 atom stereocenters. The van der Waals surface area contributed by atoms with Gasteiger partial charge < -0.3 is 14.6 Å². The van der Waals surface area contributed by atoms with Crippen LogP contribution in [-0.4, -0.2) is 72.2 Å². The first-order valence-corrected chi connectivity index (χ1v) is 9.58. The molecular weight excluding hydrogens is 318 g/mol. The average Bonchev–Trinajstić information content (AvgIpc) is 3.09. The number of piperidine rings is 1. The second-order valence-electron chi connectivity index (χ2n) is 6.79. The van der Waals surface area contributed by atoms with E-state index in [0.29, 0.717) is 31.7 Å². The minimum Gasteiger partial charge on any atom is -0.396 e. The number of hydrogen-bond acceptors (Lipinski definition) is 4. The topological polar surface area (TPSA) is 82.9 Å². The van der Waals surface area contributed by atoms with E-state index in [0.717, 1.165) is 0 Å². The molecule has 7 nitrogen and oxygen atoms in total. The molecule has 0 saturated carbocycles. The van der Waals surface area contributed by atoms with Crippen molar-refractivity contribution >= 4 is 15.9 Å². The molecule has 0 bridgehead atoms. The molecule has 0 spiro atoms. The zero-order chi connectivity index (χ0) is 16.8. The summed E-state index contributed by atoms with van der Waals surface area (Å²) in [6, 6.07) is 3.60. The van der Waals surface area contributed by atoms with Crippen molar-refractivity contribution in [3.05, 3.63) is 24.0 Å². The van der Waals surface area contributed by atoms with Crippen molar-refractivity contribution in [2.75, 3.05) is 39.0 Å². The van der Waals surface area contributed by atoms with E-state index in [1.807, 2.05) is 19.3 Å². The van der Waals surface area contributed by atoms with E-state index in [9.17, 15) is 18.3 Å². The van der Waals surface area contributed by atoms with Crippen LogP contribution in [0.5, 0.6) is 0 Å². The van der Waals surface area contributed by atoms with Crippen LogP contribution in [0.4, 0.5) is 0 Å². The quantitative estimate of drug-likeness (QED) is 0.821.